The highest BCUT2D eigenvalue weighted by atomic mass is 14.9. The molecule has 0 aliphatic heterocycles. The number of nitrogens with zero attached hydrogens (tertiary/aromatic N) is 1. The predicted octanol–water partition coefficient (Wildman–Crippen LogP) is 3.49. The highest BCUT2D eigenvalue weighted by molar-refractivity contribution is 5.20. The van der Waals surface area contributed by atoms with E-state index in [1.165, 1.54) is 11.1 Å². The minimum Gasteiger partial charge on any atom is -0.304 e. The summed E-state index contributed by atoms with van der Waals surface area (Å²) in [5.41, 5.74) is 2.58. The Kier molecular flexibility index (Phi) is 3.89. The molecule has 88 valence electrons. The summed E-state index contributed by atoms with van der Waals surface area (Å²) < 4.78 is 0. The lowest BCUT2D eigenvalue weighted by atomic mass is 10.1. The number of aromatic nitrogens is 1. The normalized spacial score (nSPS) is 14.2. The molecule has 0 amide bonds. The highest BCUT2D eigenvalue weighted by Crippen LogP contribution is 2.18. The van der Waals surface area contributed by atoms with Crippen LogP contribution >= 0.6 is 0 Å². The van der Waals surface area contributed by atoms with Crippen molar-refractivity contribution in [3.05, 3.63) is 66.0 Å². The monoisotopic (exact) mass is 226 g/mol. The molecule has 1 aromatic heterocycles. The summed E-state index contributed by atoms with van der Waals surface area (Å²) in [4.78, 5) is 4.04. The molecule has 1 unspecified atom stereocenters. The maximum atomic E-state index is 4.04. The summed E-state index contributed by atoms with van der Waals surface area (Å²) in [6, 6.07) is 15.3. The molecule has 0 saturated heterocycles. The Morgan fingerprint density at radius 3 is 1.94 bits per heavy atom. The van der Waals surface area contributed by atoms with Gasteiger partial charge in [-0.25, -0.2) is 0 Å². The van der Waals surface area contributed by atoms with Crippen molar-refractivity contribution in [2.45, 2.75) is 25.9 Å². The SMILES string of the molecule is CC(N[C@@H](C)c1ccccc1)c1ccncc1. The minimum absolute atomic E-state index is 0.327. The van der Waals surface area contributed by atoms with Crippen LogP contribution in [0.5, 0.6) is 0 Å². The molecule has 2 heteroatoms. The van der Waals surface area contributed by atoms with E-state index in [-0.39, 0.29) is 0 Å². The van der Waals surface area contributed by atoms with Crippen molar-refractivity contribution in [3.8, 4) is 0 Å². The Bertz CT molecular complexity index is 395. The van der Waals surface area contributed by atoms with Crippen molar-refractivity contribution in [2.75, 3.05) is 0 Å². The van der Waals surface area contributed by atoms with Gasteiger partial charge in [-0.15, -0.1) is 0 Å². The van der Waals surface area contributed by atoms with E-state index in [0.29, 0.717) is 12.1 Å². The van der Waals surface area contributed by atoms with Crippen LogP contribution in [-0.4, -0.2) is 4.98 Å². The second-order valence-electron chi connectivity index (χ2n) is 4.30. The van der Waals surface area contributed by atoms with E-state index in [4.69, 9.17) is 0 Å². The fourth-order valence-electron chi connectivity index (χ4n) is 1.96. The average molecular weight is 226 g/mol. The lowest BCUT2D eigenvalue weighted by Crippen LogP contribution is -2.22. The van der Waals surface area contributed by atoms with Gasteiger partial charge in [0.1, 0.15) is 0 Å². The predicted molar refractivity (Wildman–Crippen MR) is 70.6 cm³/mol. The summed E-state index contributed by atoms with van der Waals surface area (Å²) in [7, 11) is 0. The second kappa shape index (κ2) is 5.60. The summed E-state index contributed by atoms with van der Waals surface area (Å²) in [5, 5.41) is 3.58. The number of pyridine rings is 1. The number of rotatable bonds is 4. The molecule has 17 heavy (non-hydrogen) atoms. The van der Waals surface area contributed by atoms with E-state index in [1.807, 2.05) is 18.5 Å². The first-order valence-corrected chi connectivity index (χ1v) is 5.98. The van der Waals surface area contributed by atoms with E-state index >= 15 is 0 Å². The van der Waals surface area contributed by atoms with E-state index < -0.39 is 0 Å². The third kappa shape index (κ3) is 3.14. The van der Waals surface area contributed by atoms with Crippen LogP contribution in [0.15, 0.2) is 54.9 Å². The molecule has 1 aromatic carbocycles. The van der Waals surface area contributed by atoms with E-state index in [0.717, 1.165) is 0 Å². The fraction of sp³-hybridized carbons (Fsp3) is 0.267. The molecule has 0 saturated carbocycles. The van der Waals surface area contributed by atoms with Gasteiger partial charge in [0.25, 0.3) is 0 Å². The smallest absolute Gasteiger partial charge is 0.0298 e. The number of hydrogen-bond acceptors (Lipinski definition) is 2. The average Bonchev–Trinajstić information content (AvgIpc) is 2.40. The number of nitrogens with one attached hydrogen (secondary N) is 1. The number of hydrogen-bond donors (Lipinski definition) is 1. The van der Waals surface area contributed by atoms with Crippen molar-refractivity contribution >= 4 is 0 Å². The maximum absolute atomic E-state index is 4.04. The summed E-state index contributed by atoms with van der Waals surface area (Å²) >= 11 is 0. The Balaban J connectivity index is 2.02. The Morgan fingerprint density at radius 1 is 0.824 bits per heavy atom. The van der Waals surface area contributed by atoms with Crippen LogP contribution in [-0.2, 0) is 0 Å². The van der Waals surface area contributed by atoms with Gasteiger partial charge in [0.05, 0.1) is 0 Å². The topological polar surface area (TPSA) is 24.9 Å². The first-order chi connectivity index (χ1) is 8.27. The molecule has 2 rings (SSSR count). The Labute approximate surface area is 103 Å². The summed E-state index contributed by atoms with van der Waals surface area (Å²) in [6.45, 7) is 4.36. The van der Waals surface area contributed by atoms with Gasteiger partial charge in [-0.2, -0.15) is 0 Å². The molecular formula is C15H18N2. The molecular weight excluding hydrogens is 208 g/mol. The molecule has 0 spiro atoms. The Hall–Kier alpha value is -1.67. The van der Waals surface area contributed by atoms with Crippen LogP contribution in [0, 0.1) is 0 Å². The first kappa shape index (κ1) is 11.8. The quantitative estimate of drug-likeness (QED) is 0.863. The summed E-state index contributed by atoms with van der Waals surface area (Å²) in [6.07, 6.45) is 3.67. The molecule has 2 atom stereocenters. The molecule has 0 radical (unpaired) electrons. The van der Waals surface area contributed by atoms with Crippen molar-refractivity contribution in [1.82, 2.24) is 10.3 Å². The fourth-order valence-corrected chi connectivity index (χ4v) is 1.96. The molecule has 0 aliphatic rings. The van der Waals surface area contributed by atoms with Crippen LogP contribution in [0.4, 0.5) is 0 Å². The standard InChI is InChI=1S/C15H18N2/c1-12(14-6-4-3-5-7-14)17-13(2)15-8-10-16-11-9-15/h3-13,17H,1-2H3/t12-,13?/m0/s1. The lowest BCUT2D eigenvalue weighted by molar-refractivity contribution is 0.494. The number of benzene rings is 1. The van der Waals surface area contributed by atoms with Gasteiger partial charge >= 0.3 is 0 Å². The zero-order valence-corrected chi connectivity index (χ0v) is 10.3. The van der Waals surface area contributed by atoms with E-state index in [2.05, 4.69) is 60.5 Å². The molecule has 0 bridgehead atoms. The van der Waals surface area contributed by atoms with Crippen molar-refractivity contribution in [3.63, 3.8) is 0 Å². The minimum atomic E-state index is 0.327. The van der Waals surface area contributed by atoms with Gasteiger partial charge in [-0.3, -0.25) is 4.98 Å². The van der Waals surface area contributed by atoms with Crippen LogP contribution in [0.3, 0.4) is 0 Å². The van der Waals surface area contributed by atoms with Crippen molar-refractivity contribution in [2.24, 2.45) is 0 Å². The zero-order valence-electron chi connectivity index (χ0n) is 10.3. The van der Waals surface area contributed by atoms with E-state index in [1.54, 1.807) is 0 Å². The Morgan fingerprint density at radius 2 is 1.35 bits per heavy atom. The van der Waals surface area contributed by atoms with Crippen molar-refractivity contribution < 1.29 is 0 Å². The molecule has 0 aliphatic carbocycles. The van der Waals surface area contributed by atoms with Gasteiger partial charge in [0.15, 0.2) is 0 Å². The second-order valence-corrected chi connectivity index (χ2v) is 4.30. The van der Waals surface area contributed by atoms with Crippen LogP contribution in [0.25, 0.3) is 0 Å². The van der Waals surface area contributed by atoms with Crippen LogP contribution in [0.1, 0.15) is 37.1 Å². The summed E-state index contributed by atoms with van der Waals surface area (Å²) in [5.74, 6) is 0. The zero-order chi connectivity index (χ0) is 12.1. The molecule has 0 fully saturated rings. The van der Waals surface area contributed by atoms with Gasteiger partial charge < -0.3 is 5.32 Å². The molecule has 2 aromatic rings. The molecule has 2 nitrogen and oxygen atoms in total. The van der Waals surface area contributed by atoms with Crippen molar-refractivity contribution in [1.29, 1.82) is 0 Å². The maximum Gasteiger partial charge on any atom is 0.0298 e. The van der Waals surface area contributed by atoms with E-state index in [9.17, 15) is 0 Å². The molecule has 1 heterocycles. The lowest BCUT2D eigenvalue weighted by Gasteiger charge is -2.20. The van der Waals surface area contributed by atoms with Crippen LogP contribution < -0.4 is 5.32 Å². The van der Waals surface area contributed by atoms with Gasteiger partial charge in [0, 0.05) is 24.5 Å². The largest absolute Gasteiger partial charge is 0.304 e. The molecule has 1 N–H and O–H groups in total. The highest BCUT2D eigenvalue weighted by Gasteiger charge is 2.10. The van der Waals surface area contributed by atoms with Crippen LogP contribution in [0.2, 0.25) is 0 Å². The van der Waals surface area contributed by atoms with Gasteiger partial charge in [0.2, 0.25) is 0 Å². The third-order valence-corrected chi connectivity index (χ3v) is 3.01. The first-order valence-electron chi connectivity index (χ1n) is 5.98. The van der Waals surface area contributed by atoms with Gasteiger partial charge in [-0.05, 0) is 37.1 Å². The third-order valence-electron chi connectivity index (χ3n) is 3.01. The van der Waals surface area contributed by atoms with Gasteiger partial charge in [-0.1, -0.05) is 30.3 Å².